The summed E-state index contributed by atoms with van der Waals surface area (Å²) in [6.07, 6.45) is 3.71. The first-order chi connectivity index (χ1) is 11.1. The predicted octanol–water partition coefficient (Wildman–Crippen LogP) is 2.00. The molecule has 1 N–H and O–H groups in total. The lowest BCUT2D eigenvalue weighted by molar-refractivity contribution is -0.385. The molecular formula is C14H12N4O4S. The number of nitro benzene ring substituents is 1. The van der Waals surface area contributed by atoms with Gasteiger partial charge in [0, 0.05) is 23.8 Å². The topological polar surface area (TPSA) is 98.8 Å². The Morgan fingerprint density at radius 2 is 2.26 bits per heavy atom. The van der Waals surface area contributed by atoms with Crippen LogP contribution in [0.5, 0.6) is 5.75 Å². The van der Waals surface area contributed by atoms with Crippen molar-refractivity contribution in [2.75, 3.05) is 6.61 Å². The monoisotopic (exact) mass is 332 g/mol. The number of carbonyl (C=O) groups is 1. The van der Waals surface area contributed by atoms with Crippen molar-refractivity contribution in [1.29, 1.82) is 0 Å². The Morgan fingerprint density at radius 3 is 3.04 bits per heavy atom. The van der Waals surface area contributed by atoms with Crippen LogP contribution >= 0.6 is 11.3 Å². The minimum Gasteiger partial charge on any atom is -0.477 e. The molecule has 1 aromatic carbocycles. The fraction of sp³-hybridized carbons (Fsp3) is 0.143. The minimum absolute atomic E-state index is 0.0650. The molecule has 0 aliphatic carbocycles. The van der Waals surface area contributed by atoms with Crippen LogP contribution in [0.1, 0.15) is 5.69 Å². The molecule has 3 aromatic rings. The van der Waals surface area contributed by atoms with E-state index < -0.39 is 4.92 Å². The first-order valence-corrected chi connectivity index (χ1v) is 7.55. The molecule has 0 spiro atoms. The molecular weight excluding hydrogens is 320 g/mol. The molecule has 118 valence electrons. The first kappa shape index (κ1) is 15.0. The first-order valence-electron chi connectivity index (χ1n) is 6.67. The second-order valence-electron chi connectivity index (χ2n) is 4.62. The second-order valence-corrected chi connectivity index (χ2v) is 5.49. The van der Waals surface area contributed by atoms with Crippen LogP contribution in [-0.2, 0) is 11.3 Å². The van der Waals surface area contributed by atoms with Gasteiger partial charge in [-0.05, 0) is 6.07 Å². The fourth-order valence-corrected chi connectivity index (χ4v) is 2.69. The maximum atomic E-state index is 11.8. The maximum absolute atomic E-state index is 11.8. The molecule has 0 fully saturated rings. The summed E-state index contributed by atoms with van der Waals surface area (Å²) in [6, 6.07) is 5.92. The number of thiazole rings is 1. The minimum atomic E-state index is -0.551. The lowest BCUT2D eigenvalue weighted by atomic mass is 10.3. The summed E-state index contributed by atoms with van der Waals surface area (Å²) in [7, 11) is 0. The van der Waals surface area contributed by atoms with E-state index in [0.29, 0.717) is 0 Å². The molecule has 0 saturated heterocycles. The quantitative estimate of drug-likeness (QED) is 0.550. The number of ether oxygens (including phenoxy) is 1. The molecule has 3 rings (SSSR count). The van der Waals surface area contributed by atoms with E-state index in [-0.39, 0.29) is 30.5 Å². The lowest BCUT2D eigenvalue weighted by Crippen LogP contribution is -2.28. The zero-order valence-electron chi connectivity index (χ0n) is 11.8. The Morgan fingerprint density at radius 1 is 1.43 bits per heavy atom. The lowest BCUT2D eigenvalue weighted by Gasteiger charge is -2.06. The average Bonchev–Trinajstić information content (AvgIpc) is 3.12. The summed E-state index contributed by atoms with van der Waals surface area (Å²) in [5.74, 6) is -0.310. The van der Waals surface area contributed by atoms with Crippen LogP contribution in [0.2, 0.25) is 0 Å². The van der Waals surface area contributed by atoms with Crippen molar-refractivity contribution < 1.29 is 14.5 Å². The smallest absolute Gasteiger partial charge is 0.310 e. The number of nitro groups is 1. The molecule has 0 bridgehead atoms. The van der Waals surface area contributed by atoms with E-state index in [2.05, 4.69) is 10.3 Å². The summed E-state index contributed by atoms with van der Waals surface area (Å²) >= 11 is 1.50. The molecule has 8 nitrogen and oxygen atoms in total. The van der Waals surface area contributed by atoms with Crippen molar-refractivity contribution >= 4 is 27.9 Å². The van der Waals surface area contributed by atoms with E-state index in [1.807, 2.05) is 22.2 Å². The van der Waals surface area contributed by atoms with E-state index in [1.54, 1.807) is 6.07 Å². The molecule has 0 saturated carbocycles. The van der Waals surface area contributed by atoms with E-state index in [1.165, 1.54) is 29.5 Å². The molecule has 0 atom stereocenters. The van der Waals surface area contributed by atoms with Crippen molar-refractivity contribution in [2.24, 2.45) is 0 Å². The third-order valence-electron chi connectivity index (χ3n) is 3.03. The molecule has 1 amide bonds. The van der Waals surface area contributed by atoms with Crippen LogP contribution in [0.4, 0.5) is 5.69 Å². The summed E-state index contributed by atoms with van der Waals surface area (Å²) in [5, 5.41) is 15.4. The summed E-state index contributed by atoms with van der Waals surface area (Å²) in [5.41, 5.74) is 0.561. The highest BCUT2D eigenvalue weighted by Crippen LogP contribution is 2.25. The molecule has 2 aromatic heterocycles. The van der Waals surface area contributed by atoms with E-state index in [0.717, 1.165) is 10.7 Å². The maximum Gasteiger partial charge on any atom is 0.310 e. The number of hydrogen-bond donors (Lipinski definition) is 1. The Balaban J connectivity index is 1.53. The van der Waals surface area contributed by atoms with E-state index in [9.17, 15) is 14.9 Å². The predicted molar refractivity (Wildman–Crippen MR) is 83.5 cm³/mol. The number of nitrogens with one attached hydrogen (secondary N) is 1. The number of hydrogen-bond acceptors (Lipinski definition) is 6. The molecule has 0 unspecified atom stereocenters. The van der Waals surface area contributed by atoms with Crippen molar-refractivity contribution in [3.05, 3.63) is 57.8 Å². The number of aromatic nitrogens is 2. The molecule has 23 heavy (non-hydrogen) atoms. The standard InChI is InChI=1S/C14H12N4O4S/c19-13(9-22-12-4-2-1-3-11(12)18(20)21)15-7-10-8-17-5-6-23-14(17)16-10/h1-6,8H,7,9H2,(H,15,19). The third kappa shape index (κ3) is 3.46. The van der Waals surface area contributed by atoms with Crippen LogP contribution in [0.25, 0.3) is 4.96 Å². The van der Waals surface area contributed by atoms with Gasteiger partial charge in [0.2, 0.25) is 0 Å². The Labute approximate surface area is 134 Å². The van der Waals surface area contributed by atoms with Gasteiger partial charge in [0.25, 0.3) is 5.91 Å². The largest absolute Gasteiger partial charge is 0.477 e. The number of fused-ring (bicyclic) bond motifs is 1. The van der Waals surface area contributed by atoms with Gasteiger partial charge in [-0.2, -0.15) is 0 Å². The average molecular weight is 332 g/mol. The van der Waals surface area contributed by atoms with Crippen molar-refractivity contribution in [3.8, 4) is 5.75 Å². The van der Waals surface area contributed by atoms with Gasteiger partial charge in [-0.3, -0.25) is 19.3 Å². The molecule has 0 radical (unpaired) electrons. The molecule has 0 aliphatic heterocycles. The number of rotatable bonds is 6. The van der Waals surface area contributed by atoms with Gasteiger partial charge in [0.05, 0.1) is 17.2 Å². The van der Waals surface area contributed by atoms with E-state index >= 15 is 0 Å². The van der Waals surface area contributed by atoms with Gasteiger partial charge in [0.15, 0.2) is 17.3 Å². The highest BCUT2D eigenvalue weighted by molar-refractivity contribution is 7.15. The van der Waals surface area contributed by atoms with Crippen LogP contribution in [0.15, 0.2) is 42.0 Å². The fourth-order valence-electron chi connectivity index (χ4n) is 1.97. The van der Waals surface area contributed by atoms with Crippen LogP contribution in [0.3, 0.4) is 0 Å². The summed E-state index contributed by atoms with van der Waals surface area (Å²) < 4.78 is 7.09. The van der Waals surface area contributed by atoms with Crippen LogP contribution in [-0.4, -0.2) is 26.8 Å². The number of nitrogens with zero attached hydrogens (tertiary/aromatic N) is 3. The normalized spacial score (nSPS) is 10.6. The summed E-state index contributed by atoms with van der Waals surface area (Å²) in [6.45, 7) is -0.0272. The zero-order valence-corrected chi connectivity index (χ0v) is 12.7. The number of para-hydroxylation sites is 2. The second kappa shape index (κ2) is 6.44. The summed E-state index contributed by atoms with van der Waals surface area (Å²) in [4.78, 5) is 27.3. The van der Waals surface area contributed by atoms with Crippen LogP contribution < -0.4 is 10.1 Å². The Kier molecular flexibility index (Phi) is 4.20. The van der Waals surface area contributed by atoms with E-state index in [4.69, 9.17) is 4.74 Å². The third-order valence-corrected chi connectivity index (χ3v) is 3.80. The number of imidazole rings is 1. The van der Waals surface area contributed by atoms with Gasteiger partial charge < -0.3 is 10.1 Å². The van der Waals surface area contributed by atoms with Gasteiger partial charge in [-0.25, -0.2) is 4.98 Å². The highest BCUT2D eigenvalue weighted by Gasteiger charge is 2.15. The Bertz CT molecular complexity index is 829. The van der Waals surface area contributed by atoms with Gasteiger partial charge in [-0.1, -0.05) is 12.1 Å². The molecule has 0 aliphatic rings. The zero-order chi connectivity index (χ0) is 16.2. The SMILES string of the molecule is O=C(COc1ccccc1[N+](=O)[O-])NCc1cn2ccsc2n1. The van der Waals surface area contributed by atoms with Gasteiger partial charge in [-0.15, -0.1) is 11.3 Å². The van der Waals surface area contributed by atoms with Gasteiger partial charge in [0.1, 0.15) is 0 Å². The molecule has 2 heterocycles. The van der Waals surface area contributed by atoms with Gasteiger partial charge >= 0.3 is 5.69 Å². The van der Waals surface area contributed by atoms with Crippen LogP contribution in [0, 0.1) is 10.1 Å². The number of carbonyl (C=O) groups excluding carboxylic acids is 1. The van der Waals surface area contributed by atoms with Crippen molar-refractivity contribution in [3.63, 3.8) is 0 Å². The van der Waals surface area contributed by atoms with Crippen molar-refractivity contribution in [2.45, 2.75) is 6.54 Å². The number of benzene rings is 1. The number of amides is 1. The Hall–Kier alpha value is -2.94. The highest BCUT2D eigenvalue weighted by atomic mass is 32.1. The molecule has 9 heteroatoms. The van der Waals surface area contributed by atoms with Crippen molar-refractivity contribution in [1.82, 2.24) is 14.7 Å².